The summed E-state index contributed by atoms with van der Waals surface area (Å²) in [6.07, 6.45) is 0. The highest BCUT2D eigenvalue weighted by Gasteiger charge is 2.18. The molecule has 0 aliphatic carbocycles. The molecule has 1 rings (SSSR count). The summed E-state index contributed by atoms with van der Waals surface area (Å²) in [7, 11) is 0. The quantitative estimate of drug-likeness (QED) is 0.899. The van der Waals surface area contributed by atoms with E-state index < -0.39 is 0 Å². The third-order valence-electron chi connectivity index (χ3n) is 1.92. The van der Waals surface area contributed by atoms with Crippen LogP contribution in [0.5, 0.6) is 0 Å². The summed E-state index contributed by atoms with van der Waals surface area (Å²) >= 11 is 3.62. The average molecular weight is 258 g/mol. The van der Waals surface area contributed by atoms with Crippen LogP contribution in [0, 0.1) is 0 Å². The summed E-state index contributed by atoms with van der Waals surface area (Å²) in [6, 6.07) is 0. The first-order valence-electron chi connectivity index (χ1n) is 5.50. The predicted octanol–water partition coefficient (Wildman–Crippen LogP) is 3.41. The van der Waals surface area contributed by atoms with Crippen molar-refractivity contribution in [2.45, 2.75) is 51.3 Å². The number of nitrogens with zero attached hydrogens (tertiary/aromatic N) is 1. The number of rotatable bonds is 4. The van der Waals surface area contributed by atoms with Crippen molar-refractivity contribution >= 4 is 23.1 Å². The van der Waals surface area contributed by atoms with Crippen molar-refractivity contribution in [2.75, 3.05) is 5.75 Å². The van der Waals surface area contributed by atoms with E-state index in [0.29, 0.717) is 0 Å². The van der Waals surface area contributed by atoms with Gasteiger partial charge in [-0.05, 0) is 13.8 Å². The van der Waals surface area contributed by atoms with Crippen LogP contribution >= 0.6 is 23.1 Å². The minimum atomic E-state index is -0.0897. The molecule has 0 spiro atoms. The normalized spacial score (nSPS) is 13.1. The molecule has 0 saturated heterocycles. The van der Waals surface area contributed by atoms with E-state index in [1.54, 1.807) is 11.3 Å². The largest absolute Gasteiger partial charge is 0.325 e. The van der Waals surface area contributed by atoms with Crippen molar-refractivity contribution in [1.29, 1.82) is 0 Å². The van der Waals surface area contributed by atoms with Gasteiger partial charge in [-0.15, -0.1) is 11.3 Å². The molecule has 0 radical (unpaired) electrons. The molecule has 0 fully saturated rings. The third kappa shape index (κ3) is 4.85. The van der Waals surface area contributed by atoms with E-state index in [9.17, 15) is 0 Å². The van der Waals surface area contributed by atoms with Crippen LogP contribution in [-0.2, 0) is 11.2 Å². The molecule has 0 saturated carbocycles. The Morgan fingerprint density at radius 2 is 1.94 bits per heavy atom. The van der Waals surface area contributed by atoms with Gasteiger partial charge in [0.1, 0.15) is 0 Å². The lowest BCUT2D eigenvalue weighted by atomic mass is 9.98. The minimum Gasteiger partial charge on any atom is -0.325 e. The van der Waals surface area contributed by atoms with Gasteiger partial charge in [0.25, 0.3) is 0 Å². The van der Waals surface area contributed by atoms with Gasteiger partial charge in [0, 0.05) is 27.8 Å². The molecule has 16 heavy (non-hydrogen) atoms. The number of aromatic nitrogens is 1. The highest BCUT2D eigenvalue weighted by atomic mass is 32.2. The zero-order chi connectivity index (χ0) is 12.4. The smallest absolute Gasteiger partial charge is 0.0982 e. The molecule has 0 aliphatic rings. The fourth-order valence-corrected chi connectivity index (χ4v) is 3.13. The van der Waals surface area contributed by atoms with Crippen LogP contribution in [0.3, 0.4) is 0 Å². The van der Waals surface area contributed by atoms with Gasteiger partial charge in [0.05, 0.1) is 10.7 Å². The Morgan fingerprint density at radius 1 is 1.31 bits per heavy atom. The molecule has 4 heteroatoms. The van der Waals surface area contributed by atoms with E-state index in [4.69, 9.17) is 5.73 Å². The lowest BCUT2D eigenvalue weighted by molar-refractivity contribution is 0.583. The van der Waals surface area contributed by atoms with Crippen molar-refractivity contribution in [3.63, 3.8) is 0 Å². The Bertz CT molecular complexity index is 332. The lowest BCUT2D eigenvalue weighted by Crippen LogP contribution is -2.34. The van der Waals surface area contributed by atoms with Crippen molar-refractivity contribution in [3.8, 4) is 0 Å². The molecule has 92 valence electrons. The maximum Gasteiger partial charge on any atom is 0.0982 e. The first-order chi connectivity index (χ1) is 7.18. The first-order valence-corrected chi connectivity index (χ1v) is 7.53. The molecule has 0 aliphatic heterocycles. The number of thioether (sulfide) groups is 1. The molecule has 1 heterocycles. The molecule has 0 bridgehead atoms. The van der Waals surface area contributed by atoms with Crippen LogP contribution in [-0.4, -0.2) is 16.3 Å². The van der Waals surface area contributed by atoms with Crippen molar-refractivity contribution in [3.05, 3.63) is 16.1 Å². The van der Waals surface area contributed by atoms with E-state index in [0.717, 1.165) is 11.5 Å². The fourth-order valence-electron chi connectivity index (χ4n) is 1.14. The van der Waals surface area contributed by atoms with Crippen molar-refractivity contribution in [2.24, 2.45) is 5.73 Å². The van der Waals surface area contributed by atoms with Crippen LogP contribution in [0.15, 0.2) is 5.38 Å². The van der Waals surface area contributed by atoms with E-state index in [1.165, 1.54) is 10.7 Å². The van der Waals surface area contributed by atoms with Gasteiger partial charge in [0.15, 0.2) is 0 Å². The Hall–Kier alpha value is -0.0600. The molecule has 2 N–H and O–H groups in total. The van der Waals surface area contributed by atoms with Gasteiger partial charge in [-0.1, -0.05) is 20.8 Å². The SMILES string of the molecule is CC(C)(N)CSCc1csc(C(C)(C)C)n1. The zero-order valence-corrected chi connectivity index (χ0v) is 12.5. The number of hydrogen-bond donors (Lipinski definition) is 1. The Labute approximate surface area is 107 Å². The molecule has 2 nitrogen and oxygen atoms in total. The highest BCUT2D eigenvalue weighted by Crippen LogP contribution is 2.27. The molecular weight excluding hydrogens is 236 g/mol. The van der Waals surface area contributed by atoms with Gasteiger partial charge in [0.2, 0.25) is 0 Å². The summed E-state index contributed by atoms with van der Waals surface area (Å²) in [5.74, 6) is 1.93. The maximum absolute atomic E-state index is 5.94. The fraction of sp³-hybridized carbons (Fsp3) is 0.750. The summed E-state index contributed by atoms with van der Waals surface area (Å²) in [5, 5.41) is 3.38. The van der Waals surface area contributed by atoms with E-state index in [2.05, 4.69) is 45.0 Å². The molecule has 1 aromatic heterocycles. The minimum absolute atomic E-state index is 0.0897. The molecule has 0 unspecified atom stereocenters. The van der Waals surface area contributed by atoms with Gasteiger partial charge >= 0.3 is 0 Å². The molecular formula is C12H22N2S2. The monoisotopic (exact) mass is 258 g/mol. The second-order valence-corrected chi connectivity index (χ2v) is 7.72. The second kappa shape index (κ2) is 5.07. The average Bonchev–Trinajstić information content (AvgIpc) is 2.49. The third-order valence-corrected chi connectivity index (χ3v) is 4.68. The predicted molar refractivity (Wildman–Crippen MR) is 75.2 cm³/mol. The van der Waals surface area contributed by atoms with Gasteiger partial charge < -0.3 is 5.73 Å². The molecule has 0 amide bonds. The van der Waals surface area contributed by atoms with Crippen LogP contribution in [0.4, 0.5) is 0 Å². The molecule has 0 atom stereocenters. The summed E-state index contributed by atoms with van der Waals surface area (Å²) in [4.78, 5) is 4.66. The van der Waals surface area contributed by atoms with Gasteiger partial charge in [-0.2, -0.15) is 11.8 Å². The van der Waals surface area contributed by atoms with E-state index in [1.807, 2.05) is 11.8 Å². The topological polar surface area (TPSA) is 38.9 Å². The number of nitrogens with two attached hydrogens (primary N) is 1. The summed E-state index contributed by atoms with van der Waals surface area (Å²) in [5.41, 5.74) is 7.20. The Kier molecular flexibility index (Phi) is 4.43. The highest BCUT2D eigenvalue weighted by molar-refractivity contribution is 7.98. The van der Waals surface area contributed by atoms with Crippen molar-refractivity contribution in [1.82, 2.24) is 4.98 Å². The van der Waals surface area contributed by atoms with E-state index >= 15 is 0 Å². The standard InChI is InChI=1S/C12H22N2S2/c1-11(2,3)10-14-9(7-16-10)6-15-8-12(4,5)13/h7H,6,8,13H2,1-5H3. The van der Waals surface area contributed by atoms with Gasteiger partial charge in [-0.3, -0.25) is 0 Å². The number of thiazole rings is 1. The molecule has 0 aromatic carbocycles. The van der Waals surface area contributed by atoms with E-state index in [-0.39, 0.29) is 11.0 Å². The lowest BCUT2D eigenvalue weighted by Gasteiger charge is -2.17. The Morgan fingerprint density at radius 3 is 2.38 bits per heavy atom. The second-order valence-electron chi connectivity index (χ2n) is 5.88. The van der Waals surface area contributed by atoms with Gasteiger partial charge in [-0.25, -0.2) is 4.98 Å². The Balaban J connectivity index is 2.48. The summed E-state index contributed by atoms with van der Waals surface area (Å²) in [6.45, 7) is 10.7. The van der Waals surface area contributed by atoms with Crippen LogP contribution in [0.1, 0.15) is 45.3 Å². The number of hydrogen-bond acceptors (Lipinski definition) is 4. The molecule has 1 aromatic rings. The maximum atomic E-state index is 5.94. The van der Waals surface area contributed by atoms with Crippen LogP contribution in [0.25, 0.3) is 0 Å². The first kappa shape index (κ1) is 14.0. The van der Waals surface area contributed by atoms with Crippen LogP contribution < -0.4 is 5.73 Å². The zero-order valence-electron chi connectivity index (χ0n) is 10.8. The summed E-state index contributed by atoms with van der Waals surface area (Å²) < 4.78 is 0. The van der Waals surface area contributed by atoms with Crippen LogP contribution in [0.2, 0.25) is 0 Å². The van der Waals surface area contributed by atoms with Crippen molar-refractivity contribution < 1.29 is 0 Å².